The maximum Gasteiger partial charge on any atom is 0.266 e. The fourth-order valence-corrected chi connectivity index (χ4v) is 5.29. The van der Waals surface area contributed by atoms with E-state index in [2.05, 4.69) is 11.1 Å². The second-order valence-corrected chi connectivity index (χ2v) is 9.40. The Balaban J connectivity index is 1.46. The van der Waals surface area contributed by atoms with Gasteiger partial charge >= 0.3 is 0 Å². The number of aromatic nitrogens is 3. The van der Waals surface area contributed by atoms with Crippen LogP contribution in [0.1, 0.15) is 11.1 Å². The van der Waals surface area contributed by atoms with Crippen LogP contribution >= 0.6 is 11.8 Å². The van der Waals surface area contributed by atoms with Gasteiger partial charge in [0.25, 0.3) is 11.3 Å². The molecular weight excluding hydrogens is 466 g/mol. The molecule has 1 atom stereocenters. The predicted octanol–water partition coefficient (Wildman–Crippen LogP) is 5.56. The van der Waals surface area contributed by atoms with Crippen molar-refractivity contribution in [3.8, 4) is 6.07 Å². The molecule has 0 saturated carbocycles. The Morgan fingerprint density at radius 2 is 1.82 bits per heavy atom. The lowest BCUT2D eigenvalue weighted by Gasteiger charge is -2.20. The van der Waals surface area contributed by atoms with Crippen molar-refractivity contribution < 1.29 is 8.76 Å². The van der Waals surface area contributed by atoms with Crippen molar-refractivity contribution in [1.82, 2.24) is 14.5 Å². The first-order valence-electron chi connectivity index (χ1n) is 10.4. The van der Waals surface area contributed by atoms with Crippen LogP contribution in [-0.4, -0.2) is 23.3 Å². The summed E-state index contributed by atoms with van der Waals surface area (Å²) in [6.45, 7) is 0. The van der Waals surface area contributed by atoms with Gasteiger partial charge in [0.1, 0.15) is 0 Å². The van der Waals surface area contributed by atoms with Gasteiger partial charge in [-0.05, 0) is 60.2 Å². The van der Waals surface area contributed by atoms with Crippen LogP contribution in [0.3, 0.4) is 0 Å². The highest BCUT2D eigenvalue weighted by molar-refractivity contribution is 7.98. The van der Waals surface area contributed by atoms with Gasteiger partial charge in [0, 0.05) is 24.4 Å². The Kier molecular flexibility index (Phi) is 6.02. The zero-order valence-corrected chi connectivity index (χ0v) is 19.8. The first-order chi connectivity index (χ1) is 16.5. The number of anilines is 2. The Bertz CT molecular complexity index is 1570. The summed E-state index contributed by atoms with van der Waals surface area (Å²) < 4.78 is 25.8. The van der Waals surface area contributed by atoms with Crippen molar-refractivity contribution in [2.45, 2.75) is 10.9 Å². The molecule has 34 heavy (non-hydrogen) atoms. The second kappa shape index (κ2) is 9.27. The zero-order chi connectivity index (χ0) is 23.7. The predicted molar refractivity (Wildman–Crippen MR) is 136 cm³/mol. The number of fused-ring (bicyclic) bond motifs is 2. The third-order valence-corrected chi connectivity index (χ3v) is 7.32. The smallest absolute Gasteiger partial charge is 0.266 e. The third-order valence-electron chi connectivity index (χ3n) is 5.49. The van der Waals surface area contributed by atoms with Crippen LogP contribution in [-0.2, 0) is 24.1 Å². The molecule has 9 heteroatoms. The molecule has 5 rings (SSSR count). The number of hydrogen-bond acceptors (Lipinski definition) is 5. The molecule has 0 aliphatic rings. The van der Waals surface area contributed by atoms with Gasteiger partial charge in [-0.1, -0.05) is 30.0 Å². The quantitative estimate of drug-likeness (QED) is 0.250. The van der Waals surface area contributed by atoms with E-state index in [1.165, 1.54) is 4.31 Å². The van der Waals surface area contributed by atoms with E-state index < -0.39 is 11.3 Å². The SMILES string of the molecule is Cn1c(SCc2ccc(C#N)cc2)nc2cc(N(c3ccc4ncccc4c3)S(=O)O)ccc21. The van der Waals surface area contributed by atoms with Gasteiger partial charge in [0.05, 0.1) is 39.6 Å². The molecule has 3 aromatic carbocycles. The molecule has 0 saturated heterocycles. The number of thioether (sulfide) groups is 1. The van der Waals surface area contributed by atoms with Gasteiger partial charge in [0.2, 0.25) is 0 Å². The maximum atomic E-state index is 12.3. The molecular formula is C25H19N5O2S2. The van der Waals surface area contributed by atoms with Crippen molar-refractivity contribution in [3.05, 3.63) is 90.1 Å². The van der Waals surface area contributed by atoms with Gasteiger partial charge < -0.3 is 4.57 Å². The fraction of sp³-hybridized carbons (Fsp3) is 0.0800. The molecule has 1 N–H and O–H groups in total. The van der Waals surface area contributed by atoms with Crippen molar-refractivity contribution >= 4 is 56.3 Å². The lowest BCUT2D eigenvalue weighted by Crippen LogP contribution is -2.19. The number of hydrogen-bond donors (Lipinski definition) is 1. The highest BCUT2D eigenvalue weighted by atomic mass is 32.2. The van der Waals surface area contributed by atoms with Gasteiger partial charge in [0.15, 0.2) is 5.16 Å². The van der Waals surface area contributed by atoms with Crippen LogP contribution in [0.4, 0.5) is 11.4 Å². The minimum atomic E-state index is -2.27. The number of benzene rings is 3. The molecule has 5 aromatic rings. The summed E-state index contributed by atoms with van der Waals surface area (Å²) in [4.78, 5) is 9.08. The summed E-state index contributed by atoms with van der Waals surface area (Å²) in [5.74, 6) is 0.716. The van der Waals surface area contributed by atoms with Crippen LogP contribution in [0.25, 0.3) is 21.9 Å². The molecule has 2 aromatic heterocycles. The summed E-state index contributed by atoms with van der Waals surface area (Å²) in [7, 11) is 1.95. The van der Waals surface area contributed by atoms with Crippen LogP contribution in [0, 0.1) is 11.3 Å². The number of imidazole rings is 1. The van der Waals surface area contributed by atoms with Crippen LogP contribution < -0.4 is 4.31 Å². The number of nitriles is 1. The molecule has 0 fully saturated rings. The number of rotatable bonds is 6. The molecule has 7 nitrogen and oxygen atoms in total. The molecule has 0 aliphatic heterocycles. The average molecular weight is 486 g/mol. The molecule has 0 bridgehead atoms. The van der Waals surface area contributed by atoms with Crippen molar-refractivity contribution in [2.75, 3.05) is 4.31 Å². The van der Waals surface area contributed by atoms with E-state index in [0.717, 1.165) is 32.7 Å². The van der Waals surface area contributed by atoms with Gasteiger partial charge in [-0.2, -0.15) is 5.26 Å². The summed E-state index contributed by atoms with van der Waals surface area (Å²) >= 11 is -0.674. The van der Waals surface area contributed by atoms with E-state index in [9.17, 15) is 8.76 Å². The van der Waals surface area contributed by atoms with E-state index in [0.29, 0.717) is 22.7 Å². The lowest BCUT2D eigenvalue weighted by molar-refractivity contribution is 0.564. The van der Waals surface area contributed by atoms with Crippen molar-refractivity contribution in [3.63, 3.8) is 0 Å². The number of nitrogens with zero attached hydrogens (tertiary/aromatic N) is 5. The second-order valence-electron chi connectivity index (χ2n) is 7.63. The zero-order valence-electron chi connectivity index (χ0n) is 18.1. The summed E-state index contributed by atoms with van der Waals surface area (Å²) in [5.41, 5.74) is 5.38. The first-order valence-corrected chi connectivity index (χ1v) is 12.4. The van der Waals surface area contributed by atoms with E-state index in [1.807, 2.05) is 78.3 Å². The molecule has 1 unspecified atom stereocenters. The number of aryl methyl sites for hydroxylation is 1. The van der Waals surface area contributed by atoms with Crippen LogP contribution in [0.5, 0.6) is 0 Å². The Hall–Kier alpha value is -3.71. The van der Waals surface area contributed by atoms with E-state index in [-0.39, 0.29) is 0 Å². The van der Waals surface area contributed by atoms with E-state index in [1.54, 1.807) is 24.0 Å². The maximum absolute atomic E-state index is 12.3. The van der Waals surface area contributed by atoms with Crippen molar-refractivity contribution in [1.29, 1.82) is 5.26 Å². The van der Waals surface area contributed by atoms with E-state index >= 15 is 0 Å². The molecule has 0 spiro atoms. The lowest BCUT2D eigenvalue weighted by atomic mass is 10.2. The Morgan fingerprint density at radius 3 is 2.59 bits per heavy atom. The number of pyridine rings is 1. The topological polar surface area (TPSA) is 95.0 Å². The minimum absolute atomic E-state index is 0.568. The largest absolute Gasteiger partial charge is 0.322 e. The molecule has 0 radical (unpaired) electrons. The molecule has 2 heterocycles. The summed E-state index contributed by atoms with van der Waals surface area (Å²) in [5, 5.41) is 10.7. The van der Waals surface area contributed by atoms with Crippen LogP contribution in [0.2, 0.25) is 0 Å². The third kappa shape index (κ3) is 4.26. The summed E-state index contributed by atoms with van der Waals surface area (Å²) in [6.07, 6.45) is 1.72. The monoisotopic (exact) mass is 485 g/mol. The van der Waals surface area contributed by atoms with Crippen LogP contribution in [0.15, 0.2) is 84.1 Å². The van der Waals surface area contributed by atoms with Gasteiger partial charge in [-0.25, -0.2) is 13.5 Å². The first kappa shape index (κ1) is 22.1. The minimum Gasteiger partial charge on any atom is -0.322 e. The highest BCUT2D eigenvalue weighted by Crippen LogP contribution is 2.33. The fourth-order valence-electron chi connectivity index (χ4n) is 3.76. The van der Waals surface area contributed by atoms with Gasteiger partial charge in [-0.3, -0.25) is 9.54 Å². The molecule has 0 aliphatic carbocycles. The summed E-state index contributed by atoms with van der Waals surface area (Å²) in [6, 6.07) is 24.4. The average Bonchev–Trinajstić information content (AvgIpc) is 3.17. The van der Waals surface area contributed by atoms with Gasteiger partial charge in [-0.15, -0.1) is 0 Å². The molecule has 0 amide bonds. The standard InChI is InChI=1S/C25H19N5O2S2/c1-29-24-11-9-21(30(34(31)32)20-8-10-22-19(13-20)3-2-12-27-22)14-23(24)28-25(29)33-16-18-6-4-17(15-26)5-7-18/h2-14H,16H2,1H3,(H,31,32). The Labute approximate surface area is 203 Å². The van der Waals surface area contributed by atoms with E-state index in [4.69, 9.17) is 10.2 Å². The Morgan fingerprint density at radius 1 is 1.06 bits per heavy atom. The molecule has 168 valence electrons. The van der Waals surface area contributed by atoms with Crippen molar-refractivity contribution in [2.24, 2.45) is 7.05 Å². The normalized spacial score (nSPS) is 12.0. The highest BCUT2D eigenvalue weighted by Gasteiger charge is 2.18.